The summed E-state index contributed by atoms with van der Waals surface area (Å²) in [7, 11) is 0. The van der Waals surface area contributed by atoms with E-state index in [0.717, 1.165) is 25.0 Å². The quantitative estimate of drug-likeness (QED) is 0.857. The topological polar surface area (TPSA) is 55.8 Å². The number of rotatable bonds is 4. The number of cyclic esters (lactones) is 1. The molecule has 0 aliphatic carbocycles. The van der Waals surface area contributed by atoms with Crippen molar-refractivity contribution in [2.24, 2.45) is 0 Å². The van der Waals surface area contributed by atoms with Gasteiger partial charge in [-0.25, -0.2) is 0 Å². The summed E-state index contributed by atoms with van der Waals surface area (Å²) in [5, 5.41) is 9.79. The van der Waals surface area contributed by atoms with E-state index in [4.69, 9.17) is 9.47 Å². The summed E-state index contributed by atoms with van der Waals surface area (Å²) < 4.78 is 11.6. The molecule has 0 radical (unpaired) electrons. The SMILES string of the molecule is CC(C)c1ccc2c(c1CCC1CC(O)CC(=O)O1)OC(C)(C)C2. The maximum Gasteiger partial charge on any atom is 0.308 e. The number of carbonyl (C=O) groups is 1. The number of hydrogen-bond acceptors (Lipinski definition) is 4. The molecular formula is C20H28O4. The minimum atomic E-state index is -0.572. The van der Waals surface area contributed by atoms with Crippen LogP contribution in [-0.4, -0.2) is 28.9 Å². The second-order valence-corrected chi connectivity index (χ2v) is 8.06. The average Bonchev–Trinajstić information content (AvgIpc) is 2.77. The van der Waals surface area contributed by atoms with Gasteiger partial charge >= 0.3 is 5.97 Å². The Morgan fingerprint density at radius 1 is 1.33 bits per heavy atom. The zero-order valence-electron chi connectivity index (χ0n) is 15.1. The molecule has 4 nitrogen and oxygen atoms in total. The van der Waals surface area contributed by atoms with Gasteiger partial charge in [-0.2, -0.15) is 0 Å². The van der Waals surface area contributed by atoms with E-state index >= 15 is 0 Å². The highest BCUT2D eigenvalue weighted by atomic mass is 16.5. The van der Waals surface area contributed by atoms with Crippen LogP contribution >= 0.6 is 0 Å². The Morgan fingerprint density at radius 2 is 2.08 bits per heavy atom. The average molecular weight is 332 g/mol. The summed E-state index contributed by atoms with van der Waals surface area (Å²) in [5.74, 6) is 1.14. The molecule has 2 heterocycles. The molecule has 1 fully saturated rings. The molecule has 1 saturated heterocycles. The highest BCUT2D eigenvalue weighted by Gasteiger charge is 2.34. The summed E-state index contributed by atoms with van der Waals surface area (Å²) in [6.45, 7) is 8.61. The Morgan fingerprint density at radius 3 is 2.75 bits per heavy atom. The minimum absolute atomic E-state index is 0.117. The molecule has 2 aliphatic rings. The summed E-state index contributed by atoms with van der Waals surface area (Å²) in [6, 6.07) is 4.40. The van der Waals surface area contributed by atoms with Crippen LogP contribution in [0.4, 0.5) is 0 Å². The van der Waals surface area contributed by atoms with Gasteiger partial charge in [0.15, 0.2) is 0 Å². The van der Waals surface area contributed by atoms with Gasteiger partial charge < -0.3 is 14.6 Å². The molecule has 2 unspecified atom stereocenters. The monoisotopic (exact) mass is 332 g/mol. The highest BCUT2D eigenvalue weighted by molar-refractivity contribution is 5.71. The van der Waals surface area contributed by atoms with Crippen molar-refractivity contribution in [2.45, 2.75) is 83.5 Å². The maximum absolute atomic E-state index is 11.5. The van der Waals surface area contributed by atoms with Crippen LogP contribution in [0.2, 0.25) is 0 Å². The lowest BCUT2D eigenvalue weighted by molar-refractivity contribution is -0.160. The number of aliphatic hydroxyl groups excluding tert-OH is 1. The smallest absolute Gasteiger partial charge is 0.308 e. The van der Waals surface area contributed by atoms with Crippen molar-refractivity contribution in [1.29, 1.82) is 0 Å². The molecule has 1 aromatic rings. The van der Waals surface area contributed by atoms with Crippen molar-refractivity contribution in [2.75, 3.05) is 0 Å². The van der Waals surface area contributed by atoms with Gasteiger partial charge in [0.2, 0.25) is 0 Å². The summed E-state index contributed by atoms with van der Waals surface area (Å²) >= 11 is 0. The molecule has 0 bridgehead atoms. The van der Waals surface area contributed by atoms with Crippen molar-refractivity contribution >= 4 is 5.97 Å². The van der Waals surface area contributed by atoms with Crippen LogP contribution in [0.15, 0.2) is 12.1 Å². The number of fused-ring (bicyclic) bond motifs is 1. The van der Waals surface area contributed by atoms with E-state index < -0.39 is 6.10 Å². The largest absolute Gasteiger partial charge is 0.487 e. The molecule has 1 aromatic carbocycles. The van der Waals surface area contributed by atoms with Crippen LogP contribution in [0.25, 0.3) is 0 Å². The van der Waals surface area contributed by atoms with Crippen LogP contribution in [0, 0.1) is 0 Å². The third-order valence-electron chi connectivity index (χ3n) is 4.95. The first kappa shape index (κ1) is 17.3. The van der Waals surface area contributed by atoms with Gasteiger partial charge in [-0.05, 0) is 49.3 Å². The molecule has 0 aromatic heterocycles. The van der Waals surface area contributed by atoms with Crippen LogP contribution < -0.4 is 4.74 Å². The molecule has 2 atom stereocenters. The zero-order chi connectivity index (χ0) is 17.5. The van der Waals surface area contributed by atoms with E-state index in [9.17, 15) is 9.90 Å². The minimum Gasteiger partial charge on any atom is -0.487 e. The molecular weight excluding hydrogens is 304 g/mol. The molecule has 4 heteroatoms. The fraction of sp³-hybridized carbons (Fsp3) is 0.650. The Hall–Kier alpha value is -1.55. The number of aliphatic hydroxyl groups is 1. The normalized spacial score (nSPS) is 25.3. The van der Waals surface area contributed by atoms with E-state index in [1.807, 2.05) is 0 Å². The lowest BCUT2D eigenvalue weighted by Gasteiger charge is -2.27. The molecule has 2 aliphatic heterocycles. The van der Waals surface area contributed by atoms with Gasteiger partial charge in [-0.1, -0.05) is 26.0 Å². The van der Waals surface area contributed by atoms with E-state index in [2.05, 4.69) is 39.8 Å². The van der Waals surface area contributed by atoms with Gasteiger partial charge in [0.05, 0.1) is 12.5 Å². The molecule has 3 rings (SSSR count). The molecule has 1 N–H and O–H groups in total. The first-order valence-electron chi connectivity index (χ1n) is 8.96. The van der Waals surface area contributed by atoms with Crippen molar-refractivity contribution in [3.8, 4) is 5.75 Å². The zero-order valence-corrected chi connectivity index (χ0v) is 15.1. The van der Waals surface area contributed by atoms with Gasteiger partial charge in [0, 0.05) is 12.8 Å². The van der Waals surface area contributed by atoms with Gasteiger partial charge in [0.25, 0.3) is 0 Å². The van der Waals surface area contributed by atoms with Crippen LogP contribution in [-0.2, 0) is 22.4 Å². The maximum atomic E-state index is 11.5. The predicted molar refractivity (Wildman–Crippen MR) is 92.4 cm³/mol. The lowest BCUT2D eigenvalue weighted by atomic mass is 9.89. The molecule has 0 amide bonds. The number of hydrogen-bond donors (Lipinski definition) is 1. The van der Waals surface area contributed by atoms with Crippen molar-refractivity contribution < 1.29 is 19.4 Å². The van der Waals surface area contributed by atoms with Gasteiger partial charge in [-0.15, -0.1) is 0 Å². The standard InChI is InChI=1S/C20H28O4/c1-12(2)16-7-5-13-11-20(3,4)24-19(13)17(16)8-6-15-9-14(21)10-18(22)23-15/h5,7,12,14-15,21H,6,8-11H2,1-4H3. The highest BCUT2D eigenvalue weighted by Crippen LogP contribution is 2.41. The molecule has 24 heavy (non-hydrogen) atoms. The number of ether oxygens (including phenoxy) is 2. The molecule has 0 saturated carbocycles. The Bertz CT molecular complexity index is 633. The third-order valence-corrected chi connectivity index (χ3v) is 4.95. The van der Waals surface area contributed by atoms with Gasteiger partial charge in [0.1, 0.15) is 17.5 Å². The number of carbonyl (C=O) groups excluding carboxylic acids is 1. The number of esters is 1. The fourth-order valence-electron chi connectivity index (χ4n) is 3.87. The van der Waals surface area contributed by atoms with Crippen molar-refractivity contribution in [1.82, 2.24) is 0 Å². The van der Waals surface area contributed by atoms with Crippen LogP contribution in [0.5, 0.6) is 5.75 Å². The van der Waals surface area contributed by atoms with Crippen molar-refractivity contribution in [3.05, 3.63) is 28.8 Å². The van der Waals surface area contributed by atoms with E-state index in [-0.39, 0.29) is 24.1 Å². The summed E-state index contributed by atoms with van der Waals surface area (Å²) in [5.41, 5.74) is 3.64. The van der Waals surface area contributed by atoms with E-state index in [0.29, 0.717) is 12.3 Å². The Kier molecular flexibility index (Phi) is 4.60. The predicted octanol–water partition coefficient (Wildman–Crippen LogP) is 3.52. The van der Waals surface area contributed by atoms with Crippen LogP contribution in [0.1, 0.15) is 69.6 Å². The number of benzene rings is 1. The summed E-state index contributed by atoms with van der Waals surface area (Å²) in [4.78, 5) is 11.5. The first-order valence-corrected chi connectivity index (χ1v) is 8.96. The van der Waals surface area contributed by atoms with Crippen molar-refractivity contribution in [3.63, 3.8) is 0 Å². The first-order chi connectivity index (χ1) is 11.2. The molecule has 132 valence electrons. The lowest BCUT2D eigenvalue weighted by Crippen LogP contribution is -2.32. The fourth-order valence-corrected chi connectivity index (χ4v) is 3.87. The second-order valence-electron chi connectivity index (χ2n) is 8.06. The van der Waals surface area contributed by atoms with Gasteiger partial charge in [-0.3, -0.25) is 4.79 Å². The van der Waals surface area contributed by atoms with E-state index in [1.165, 1.54) is 16.7 Å². The van der Waals surface area contributed by atoms with Crippen LogP contribution in [0.3, 0.4) is 0 Å². The second kappa shape index (κ2) is 6.40. The summed E-state index contributed by atoms with van der Waals surface area (Å²) in [6.07, 6.45) is 2.32. The van der Waals surface area contributed by atoms with E-state index in [1.54, 1.807) is 0 Å². The third kappa shape index (κ3) is 3.59. The molecule has 0 spiro atoms. The Balaban J connectivity index is 1.82. The Labute approximate surface area is 144 Å².